The summed E-state index contributed by atoms with van der Waals surface area (Å²) in [6.07, 6.45) is 6.62. The molecule has 0 bridgehead atoms. The number of amides is 2. The van der Waals surface area contributed by atoms with E-state index in [0.717, 1.165) is 29.5 Å². The molecule has 0 saturated carbocycles. The monoisotopic (exact) mass is 442 g/mol. The zero-order valence-corrected chi connectivity index (χ0v) is 19.2. The van der Waals surface area contributed by atoms with Gasteiger partial charge in [0.15, 0.2) is 0 Å². The summed E-state index contributed by atoms with van der Waals surface area (Å²) in [6, 6.07) is 18.7. The zero-order chi connectivity index (χ0) is 23.3. The second-order valence-electron chi connectivity index (χ2n) is 9.07. The Bertz CT molecular complexity index is 1080. The van der Waals surface area contributed by atoms with Crippen LogP contribution in [-0.2, 0) is 11.2 Å². The third-order valence-electron chi connectivity index (χ3n) is 6.15. The van der Waals surface area contributed by atoms with E-state index in [1.807, 2.05) is 32.0 Å². The van der Waals surface area contributed by atoms with Gasteiger partial charge in [0, 0.05) is 31.5 Å². The van der Waals surface area contributed by atoms with Gasteiger partial charge in [0.1, 0.15) is 5.69 Å². The third kappa shape index (κ3) is 5.28. The summed E-state index contributed by atoms with van der Waals surface area (Å²) < 4.78 is 0. The first kappa shape index (κ1) is 22.6. The second-order valence-corrected chi connectivity index (χ2v) is 9.07. The summed E-state index contributed by atoms with van der Waals surface area (Å²) in [5, 5.41) is 3.11. The Kier molecular flexibility index (Phi) is 6.82. The number of carbonyl (C=O) groups excluding carboxylic acids is 2. The van der Waals surface area contributed by atoms with Gasteiger partial charge in [-0.15, -0.1) is 0 Å². The van der Waals surface area contributed by atoms with E-state index in [2.05, 4.69) is 51.7 Å². The molecule has 1 fully saturated rings. The number of nitrogens with one attached hydrogen (secondary N) is 1. The standard InChI is InChI=1S/C27H30N4O2/c1-20(2)30-26(33)27(13-6-16-31(19-27)25(32)24-18-28-14-15-29-24)17-21-9-11-23(12-10-21)22-7-4-3-5-8-22/h3-5,7-12,14-15,18,20H,6,13,16-17,19H2,1-2H3,(H,30,33)/t27-/m0/s1. The van der Waals surface area contributed by atoms with Gasteiger partial charge in [-0.3, -0.25) is 14.6 Å². The molecule has 0 aliphatic carbocycles. The Morgan fingerprint density at radius 1 is 1.03 bits per heavy atom. The molecule has 33 heavy (non-hydrogen) atoms. The van der Waals surface area contributed by atoms with Crippen LogP contribution in [0.2, 0.25) is 0 Å². The van der Waals surface area contributed by atoms with Crippen LogP contribution in [0.3, 0.4) is 0 Å². The molecule has 2 amide bonds. The molecule has 1 atom stereocenters. The average molecular weight is 443 g/mol. The molecule has 0 radical (unpaired) electrons. The number of benzene rings is 2. The predicted molar refractivity (Wildman–Crippen MR) is 128 cm³/mol. The van der Waals surface area contributed by atoms with Crippen LogP contribution in [0.5, 0.6) is 0 Å². The van der Waals surface area contributed by atoms with Gasteiger partial charge in [-0.1, -0.05) is 54.6 Å². The lowest BCUT2D eigenvalue weighted by molar-refractivity contribution is -0.134. The highest BCUT2D eigenvalue weighted by atomic mass is 16.2. The molecule has 1 N–H and O–H groups in total. The van der Waals surface area contributed by atoms with Crippen LogP contribution < -0.4 is 5.32 Å². The van der Waals surface area contributed by atoms with Crippen LogP contribution in [0, 0.1) is 5.41 Å². The number of aromatic nitrogens is 2. The van der Waals surface area contributed by atoms with Crippen molar-refractivity contribution in [1.82, 2.24) is 20.2 Å². The fraction of sp³-hybridized carbons (Fsp3) is 0.333. The molecule has 4 rings (SSSR count). The van der Waals surface area contributed by atoms with E-state index in [-0.39, 0.29) is 17.9 Å². The molecule has 6 heteroatoms. The molecule has 1 aliphatic heterocycles. The maximum Gasteiger partial charge on any atom is 0.274 e. The molecular weight excluding hydrogens is 412 g/mol. The van der Waals surface area contributed by atoms with Crippen molar-refractivity contribution in [3.63, 3.8) is 0 Å². The van der Waals surface area contributed by atoms with Gasteiger partial charge in [-0.25, -0.2) is 4.98 Å². The van der Waals surface area contributed by atoms with Gasteiger partial charge >= 0.3 is 0 Å². The highest BCUT2D eigenvalue weighted by molar-refractivity contribution is 5.93. The Balaban J connectivity index is 1.59. The van der Waals surface area contributed by atoms with E-state index in [0.29, 0.717) is 25.2 Å². The number of nitrogens with zero attached hydrogens (tertiary/aromatic N) is 3. The van der Waals surface area contributed by atoms with E-state index in [9.17, 15) is 9.59 Å². The molecule has 0 unspecified atom stereocenters. The summed E-state index contributed by atoms with van der Waals surface area (Å²) in [7, 11) is 0. The van der Waals surface area contributed by atoms with Crippen molar-refractivity contribution in [2.75, 3.05) is 13.1 Å². The van der Waals surface area contributed by atoms with Crippen LogP contribution >= 0.6 is 0 Å². The number of likely N-dealkylation sites (tertiary alicyclic amines) is 1. The van der Waals surface area contributed by atoms with E-state index in [1.165, 1.54) is 12.4 Å². The number of hydrogen-bond acceptors (Lipinski definition) is 4. The molecule has 1 saturated heterocycles. The third-order valence-corrected chi connectivity index (χ3v) is 6.15. The minimum absolute atomic E-state index is 0.00119. The second kappa shape index (κ2) is 9.94. The molecule has 170 valence electrons. The minimum atomic E-state index is -0.686. The maximum atomic E-state index is 13.5. The SMILES string of the molecule is CC(C)NC(=O)[C@]1(Cc2ccc(-c3ccccc3)cc2)CCCN(C(=O)c2cnccn2)C1. The van der Waals surface area contributed by atoms with Gasteiger partial charge < -0.3 is 10.2 Å². The molecule has 6 nitrogen and oxygen atoms in total. The van der Waals surface area contributed by atoms with Gasteiger partial charge in [0.25, 0.3) is 5.91 Å². The van der Waals surface area contributed by atoms with Gasteiger partial charge in [-0.05, 0) is 49.8 Å². The van der Waals surface area contributed by atoms with Gasteiger partial charge in [0.05, 0.1) is 11.6 Å². The minimum Gasteiger partial charge on any atom is -0.353 e. The lowest BCUT2D eigenvalue weighted by Gasteiger charge is -2.42. The van der Waals surface area contributed by atoms with E-state index in [1.54, 1.807) is 11.1 Å². The number of hydrogen-bond donors (Lipinski definition) is 1. The Morgan fingerprint density at radius 3 is 2.42 bits per heavy atom. The van der Waals surface area contributed by atoms with Gasteiger partial charge in [0.2, 0.25) is 5.91 Å². The Hall–Kier alpha value is -3.54. The summed E-state index contributed by atoms with van der Waals surface area (Å²) in [4.78, 5) is 36.5. The van der Waals surface area contributed by atoms with Gasteiger partial charge in [-0.2, -0.15) is 0 Å². The molecular formula is C27H30N4O2. The fourth-order valence-corrected chi connectivity index (χ4v) is 4.54. The largest absolute Gasteiger partial charge is 0.353 e. The number of rotatable bonds is 6. The van der Waals surface area contributed by atoms with Crippen molar-refractivity contribution in [3.8, 4) is 11.1 Å². The Labute approximate surface area is 195 Å². The van der Waals surface area contributed by atoms with Crippen LogP contribution in [0.4, 0.5) is 0 Å². The lowest BCUT2D eigenvalue weighted by atomic mass is 9.74. The summed E-state index contributed by atoms with van der Waals surface area (Å²) in [5.74, 6) is -0.176. The van der Waals surface area contributed by atoms with Crippen molar-refractivity contribution in [2.45, 2.75) is 39.2 Å². The average Bonchev–Trinajstić information content (AvgIpc) is 2.85. The van der Waals surface area contributed by atoms with Crippen LogP contribution in [-0.4, -0.2) is 45.8 Å². The zero-order valence-electron chi connectivity index (χ0n) is 19.2. The smallest absolute Gasteiger partial charge is 0.274 e. The first-order chi connectivity index (χ1) is 16.0. The number of carbonyl (C=O) groups is 2. The highest BCUT2D eigenvalue weighted by Gasteiger charge is 2.44. The van der Waals surface area contributed by atoms with Crippen LogP contribution in [0.1, 0.15) is 42.7 Å². The molecule has 2 heterocycles. The quantitative estimate of drug-likeness (QED) is 0.623. The van der Waals surface area contributed by atoms with Crippen LogP contribution in [0.15, 0.2) is 73.2 Å². The molecule has 2 aromatic carbocycles. The topological polar surface area (TPSA) is 75.2 Å². The van der Waals surface area contributed by atoms with Crippen molar-refractivity contribution in [2.24, 2.45) is 5.41 Å². The Morgan fingerprint density at radius 2 is 1.76 bits per heavy atom. The van der Waals surface area contributed by atoms with Crippen molar-refractivity contribution < 1.29 is 9.59 Å². The lowest BCUT2D eigenvalue weighted by Crippen LogP contribution is -2.55. The molecule has 0 spiro atoms. The van der Waals surface area contributed by atoms with E-state index >= 15 is 0 Å². The fourth-order valence-electron chi connectivity index (χ4n) is 4.54. The maximum absolute atomic E-state index is 13.5. The highest BCUT2D eigenvalue weighted by Crippen LogP contribution is 2.35. The van der Waals surface area contributed by atoms with Crippen molar-refractivity contribution >= 4 is 11.8 Å². The number of piperidine rings is 1. The normalized spacial score (nSPS) is 18.2. The van der Waals surface area contributed by atoms with E-state index in [4.69, 9.17) is 0 Å². The predicted octanol–water partition coefficient (Wildman–Crippen LogP) is 4.13. The summed E-state index contributed by atoms with van der Waals surface area (Å²) >= 11 is 0. The molecule has 1 aliphatic rings. The molecule has 3 aromatic rings. The van der Waals surface area contributed by atoms with Crippen molar-refractivity contribution in [1.29, 1.82) is 0 Å². The van der Waals surface area contributed by atoms with Crippen LogP contribution in [0.25, 0.3) is 11.1 Å². The van der Waals surface area contributed by atoms with E-state index < -0.39 is 5.41 Å². The van der Waals surface area contributed by atoms with Crippen molar-refractivity contribution in [3.05, 3.63) is 84.4 Å². The summed E-state index contributed by atoms with van der Waals surface area (Å²) in [6.45, 7) is 4.90. The first-order valence-corrected chi connectivity index (χ1v) is 11.5. The molecule has 1 aromatic heterocycles. The first-order valence-electron chi connectivity index (χ1n) is 11.5. The summed E-state index contributed by atoms with van der Waals surface area (Å²) in [5.41, 5.74) is 3.01.